The summed E-state index contributed by atoms with van der Waals surface area (Å²) in [4.78, 5) is 24.9. The zero-order chi connectivity index (χ0) is 20.2. The molecule has 1 fully saturated rings. The van der Waals surface area contributed by atoms with Gasteiger partial charge in [0.15, 0.2) is 5.65 Å². The minimum atomic E-state index is -0.347. The number of likely N-dealkylation sites (tertiary alicyclic amines) is 1. The van der Waals surface area contributed by atoms with E-state index in [2.05, 4.69) is 21.1 Å². The third-order valence-electron chi connectivity index (χ3n) is 5.58. The lowest BCUT2D eigenvalue weighted by atomic mass is 10.00. The van der Waals surface area contributed by atoms with Crippen LogP contribution < -0.4 is 4.90 Å². The fourth-order valence-electron chi connectivity index (χ4n) is 3.89. The van der Waals surface area contributed by atoms with Crippen LogP contribution in [-0.2, 0) is 11.2 Å². The molecule has 3 aromatic rings. The van der Waals surface area contributed by atoms with Gasteiger partial charge < -0.3 is 9.80 Å². The first-order chi connectivity index (χ1) is 14.1. The molecule has 0 aromatic carbocycles. The van der Waals surface area contributed by atoms with E-state index in [1.165, 1.54) is 12.3 Å². The molecule has 0 bridgehead atoms. The van der Waals surface area contributed by atoms with Crippen molar-refractivity contribution >= 4 is 17.4 Å². The molecule has 0 aliphatic carbocycles. The fraction of sp³-hybridized carbons (Fsp3) is 0.429. The molecule has 1 saturated heterocycles. The van der Waals surface area contributed by atoms with Crippen LogP contribution in [0.5, 0.6) is 0 Å². The smallest absolute Gasteiger partial charge is 0.225 e. The van der Waals surface area contributed by atoms with Gasteiger partial charge in [0.2, 0.25) is 5.91 Å². The van der Waals surface area contributed by atoms with E-state index in [1.54, 1.807) is 12.4 Å². The zero-order valence-corrected chi connectivity index (χ0v) is 16.5. The lowest BCUT2D eigenvalue weighted by Crippen LogP contribution is -2.35. The van der Waals surface area contributed by atoms with Gasteiger partial charge in [0.25, 0.3) is 0 Å². The predicted octanol–water partition coefficient (Wildman–Crippen LogP) is 2.57. The number of anilines is 1. The van der Waals surface area contributed by atoms with E-state index in [0.29, 0.717) is 18.9 Å². The number of likely N-dealkylation sites (N-methyl/N-ethyl adjacent to an activating group) is 1. The van der Waals surface area contributed by atoms with Crippen molar-refractivity contribution in [1.29, 1.82) is 0 Å². The maximum Gasteiger partial charge on any atom is 0.225 e. The molecular formula is C21H25FN6O. The van der Waals surface area contributed by atoms with Crippen molar-refractivity contribution in [3.63, 3.8) is 0 Å². The van der Waals surface area contributed by atoms with Crippen molar-refractivity contribution < 1.29 is 9.18 Å². The van der Waals surface area contributed by atoms with Crippen LogP contribution in [0.2, 0.25) is 0 Å². The Bertz CT molecular complexity index is 973. The van der Waals surface area contributed by atoms with Crippen molar-refractivity contribution in [2.45, 2.75) is 25.7 Å². The van der Waals surface area contributed by atoms with Crippen molar-refractivity contribution in [2.24, 2.45) is 5.92 Å². The van der Waals surface area contributed by atoms with Crippen LogP contribution in [0.15, 0.2) is 42.9 Å². The fourth-order valence-corrected chi connectivity index (χ4v) is 3.89. The van der Waals surface area contributed by atoms with Gasteiger partial charge in [-0.05, 0) is 49.9 Å². The van der Waals surface area contributed by atoms with E-state index in [-0.39, 0.29) is 17.6 Å². The number of hydrogen-bond donors (Lipinski definition) is 0. The van der Waals surface area contributed by atoms with Crippen LogP contribution in [0.25, 0.3) is 5.65 Å². The second-order valence-electron chi connectivity index (χ2n) is 7.51. The van der Waals surface area contributed by atoms with Crippen LogP contribution in [0.1, 0.15) is 25.0 Å². The Morgan fingerprint density at radius 2 is 2.14 bits per heavy atom. The highest BCUT2D eigenvalue weighted by molar-refractivity contribution is 5.80. The molecule has 0 radical (unpaired) electrons. The minimum absolute atomic E-state index is 0.0965. The molecule has 4 rings (SSSR count). The molecule has 1 atom stereocenters. The Morgan fingerprint density at radius 3 is 2.97 bits per heavy atom. The number of hydrogen-bond acceptors (Lipinski definition) is 5. The number of aromatic nitrogens is 4. The molecule has 1 aliphatic heterocycles. The van der Waals surface area contributed by atoms with Gasteiger partial charge in [-0.15, -0.1) is 0 Å². The second kappa shape index (κ2) is 8.55. The molecule has 0 N–H and O–H groups in total. The summed E-state index contributed by atoms with van der Waals surface area (Å²) < 4.78 is 14.9. The molecule has 1 amide bonds. The molecule has 29 heavy (non-hydrogen) atoms. The highest BCUT2D eigenvalue weighted by Gasteiger charge is 2.30. The molecule has 3 aromatic heterocycles. The first kappa shape index (κ1) is 19.3. The largest absolute Gasteiger partial charge is 0.358 e. The first-order valence-corrected chi connectivity index (χ1v) is 10.0. The zero-order valence-electron chi connectivity index (χ0n) is 16.5. The highest BCUT2D eigenvalue weighted by Crippen LogP contribution is 2.23. The highest BCUT2D eigenvalue weighted by atomic mass is 19.1. The van der Waals surface area contributed by atoms with Gasteiger partial charge in [0.1, 0.15) is 18.0 Å². The maximum absolute atomic E-state index is 13.0. The van der Waals surface area contributed by atoms with Crippen molar-refractivity contribution in [3.8, 4) is 0 Å². The van der Waals surface area contributed by atoms with Gasteiger partial charge in [-0.25, -0.2) is 18.9 Å². The number of amides is 1. The van der Waals surface area contributed by atoms with Gasteiger partial charge in [-0.1, -0.05) is 6.07 Å². The summed E-state index contributed by atoms with van der Waals surface area (Å²) in [6, 6.07) is 9.04. The molecule has 8 heteroatoms. The number of aryl methyl sites for hydroxylation is 1. The van der Waals surface area contributed by atoms with Gasteiger partial charge in [0.05, 0.1) is 6.20 Å². The number of carbonyl (C=O) groups is 1. The molecule has 0 saturated carbocycles. The van der Waals surface area contributed by atoms with E-state index < -0.39 is 0 Å². The van der Waals surface area contributed by atoms with Crippen LogP contribution >= 0.6 is 0 Å². The molecule has 1 aliphatic rings. The standard InChI is InChI=1S/C21H25FN6O/c1-26(19-9-8-17(22)14-23-19)12-13-27-11-10-16(21(27)29)4-2-5-18-6-3-7-20-24-15-25-28(18)20/h3,6-9,14-16H,2,4-5,10-13H2,1H3/t16-/m0/s1. The summed E-state index contributed by atoms with van der Waals surface area (Å²) in [5, 5.41) is 4.27. The van der Waals surface area contributed by atoms with E-state index in [0.717, 1.165) is 43.6 Å². The van der Waals surface area contributed by atoms with Crippen LogP contribution in [0.3, 0.4) is 0 Å². The Kier molecular flexibility index (Phi) is 5.69. The van der Waals surface area contributed by atoms with Gasteiger partial charge in [-0.3, -0.25) is 4.79 Å². The number of nitrogens with zero attached hydrogens (tertiary/aromatic N) is 6. The van der Waals surface area contributed by atoms with E-state index >= 15 is 0 Å². The van der Waals surface area contributed by atoms with E-state index in [9.17, 15) is 9.18 Å². The van der Waals surface area contributed by atoms with Crippen molar-refractivity contribution in [2.75, 3.05) is 31.6 Å². The molecule has 0 unspecified atom stereocenters. The first-order valence-electron chi connectivity index (χ1n) is 10.0. The molecule has 4 heterocycles. The number of halogens is 1. The summed E-state index contributed by atoms with van der Waals surface area (Å²) in [5.41, 5.74) is 1.97. The summed E-state index contributed by atoms with van der Waals surface area (Å²) >= 11 is 0. The Morgan fingerprint density at radius 1 is 1.24 bits per heavy atom. The second-order valence-corrected chi connectivity index (χ2v) is 7.51. The number of carbonyl (C=O) groups excluding carboxylic acids is 1. The van der Waals surface area contributed by atoms with Crippen LogP contribution in [0, 0.1) is 11.7 Å². The summed E-state index contributed by atoms with van der Waals surface area (Å²) in [6.45, 7) is 2.13. The van der Waals surface area contributed by atoms with E-state index in [4.69, 9.17) is 0 Å². The topological polar surface area (TPSA) is 66.6 Å². The SMILES string of the molecule is CN(CCN1CC[C@H](CCCc2cccc3ncnn23)C1=O)c1ccc(F)cn1. The number of rotatable bonds is 8. The van der Waals surface area contributed by atoms with E-state index in [1.807, 2.05) is 33.5 Å². The number of fused-ring (bicyclic) bond motifs is 1. The van der Waals surface area contributed by atoms with Crippen molar-refractivity contribution in [1.82, 2.24) is 24.5 Å². The third-order valence-corrected chi connectivity index (χ3v) is 5.58. The summed E-state index contributed by atoms with van der Waals surface area (Å²) in [6.07, 6.45) is 6.39. The monoisotopic (exact) mass is 396 g/mol. The van der Waals surface area contributed by atoms with Crippen LogP contribution in [-0.4, -0.2) is 57.1 Å². The minimum Gasteiger partial charge on any atom is -0.358 e. The lowest BCUT2D eigenvalue weighted by Gasteiger charge is -2.23. The average molecular weight is 396 g/mol. The summed E-state index contributed by atoms with van der Waals surface area (Å²) in [5.74, 6) is 0.695. The number of pyridine rings is 2. The maximum atomic E-state index is 13.0. The average Bonchev–Trinajstić information content (AvgIpc) is 3.34. The Hall–Kier alpha value is -3.03. The summed E-state index contributed by atoms with van der Waals surface area (Å²) in [7, 11) is 1.91. The van der Waals surface area contributed by atoms with Gasteiger partial charge >= 0.3 is 0 Å². The van der Waals surface area contributed by atoms with Gasteiger partial charge in [-0.2, -0.15) is 5.10 Å². The van der Waals surface area contributed by atoms with Gasteiger partial charge in [0, 0.05) is 38.3 Å². The van der Waals surface area contributed by atoms with Crippen molar-refractivity contribution in [3.05, 3.63) is 54.4 Å². The lowest BCUT2D eigenvalue weighted by molar-refractivity contribution is -0.131. The molecule has 152 valence electrons. The Balaban J connectivity index is 1.24. The molecule has 7 nitrogen and oxygen atoms in total. The molecule has 0 spiro atoms. The molecular weight excluding hydrogens is 371 g/mol. The quantitative estimate of drug-likeness (QED) is 0.586. The third kappa shape index (κ3) is 4.36. The normalized spacial score (nSPS) is 16.7. The Labute approximate surface area is 169 Å². The van der Waals surface area contributed by atoms with Crippen LogP contribution in [0.4, 0.5) is 10.2 Å². The predicted molar refractivity (Wildman–Crippen MR) is 108 cm³/mol.